The van der Waals surface area contributed by atoms with Crippen LogP contribution < -0.4 is 5.73 Å². The number of hydrogen-bond donors (Lipinski definition) is 2. The standard InChI is InChI=1S/C15H17N3O2/c16-15(20)13-6-3-7-18(13)14(19)9-11-8-10-4-1-2-5-12(10)17-11/h1-2,4-5,8,13,17H,3,6-7,9H2,(H2,16,20). The molecule has 1 saturated heterocycles. The van der Waals surface area contributed by atoms with Crippen molar-refractivity contribution in [1.29, 1.82) is 0 Å². The van der Waals surface area contributed by atoms with Gasteiger partial charge in [0.2, 0.25) is 11.8 Å². The van der Waals surface area contributed by atoms with Crippen LogP contribution in [0, 0.1) is 0 Å². The van der Waals surface area contributed by atoms with E-state index >= 15 is 0 Å². The zero-order valence-corrected chi connectivity index (χ0v) is 11.1. The number of hydrogen-bond acceptors (Lipinski definition) is 2. The molecule has 0 saturated carbocycles. The largest absolute Gasteiger partial charge is 0.368 e. The number of likely N-dealkylation sites (tertiary alicyclic amines) is 1. The Hall–Kier alpha value is -2.30. The summed E-state index contributed by atoms with van der Waals surface area (Å²) in [6, 6.07) is 9.43. The molecule has 104 valence electrons. The first-order valence-corrected chi connectivity index (χ1v) is 6.80. The molecule has 0 spiro atoms. The minimum atomic E-state index is -0.438. The van der Waals surface area contributed by atoms with E-state index in [1.807, 2.05) is 30.3 Å². The summed E-state index contributed by atoms with van der Waals surface area (Å²) in [5.74, 6) is -0.453. The third kappa shape index (κ3) is 2.27. The van der Waals surface area contributed by atoms with Crippen LogP contribution in [0.2, 0.25) is 0 Å². The van der Waals surface area contributed by atoms with Gasteiger partial charge in [0, 0.05) is 17.8 Å². The first kappa shape index (κ1) is 12.7. The molecule has 2 aromatic rings. The Labute approximate surface area is 116 Å². The number of amides is 2. The number of benzene rings is 1. The van der Waals surface area contributed by atoms with E-state index < -0.39 is 11.9 Å². The van der Waals surface area contributed by atoms with Gasteiger partial charge in [0.1, 0.15) is 6.04 Å². The molecule has 0 aliphatic carbocycles. The van der Waals surface area contributed by atoms with Gasteiger partial charge in [0.15, 0.2) is 0 Å². The van der Waals surface area contributed by atoms with Crippen LogP contribution >= 0.6 is 0 Å². The maximum atomic E-state index is 12.3. The van der Waals surface area contributed by atoms with Gasteiger partial charge in [-0.1, -0.05) is 18.2 Å². The predicted octanol–water partition coefficient (Wildman–Crippen LogP) is 1.19. The lowest BCUT2D eigenvalue weighted by Gasteiger charge is -2.21. The Morgan fingerprint density at radius 1 is 1.35 bits per heavy atom. The van der Waals surface area contributed by atoms with E-state index in [-0.39, 0.29) is 12.3 Å². The van der Waals surface area contributed by atoms with Gasteiger partial charge in [-0.3, -0.25) is 9.59 Å². The Bertz CT molecular complexity index is 629. The SMILES string of the molecule is NC(=O)C1CCCN1C(=O)Cc1cc2ccccc2[nH]1. The van der Waals surface area contributed by atoms with Gasteiger partial charge in [0.05, 0.1) is 6.42 Å². The molecule has 5 nitrogen and oxygen atoms in total. The van der Waals surface area contributed by atoms with E-state index in [0.717, 1.165) is 23.0 Å². The highest BCUT2D eigenvalue weighted by Crippen LogP contribution is 2.20. The fourth-order valence-corrected chi connectivity index (χ4v) is 2.85. The van der Waals surface area contributed by atoms with Gasteiger partial charge in [-0.25, -0.2) is 0 Å². The minimum Gasteiger partial charge on any atom is -0.368 e. The molecular weight excluding hydrogens is 254 g/mol. The highest BCUT2D eigenvalue weighted by atomic mass is 16.2. The third-order valence-electron chi connectivity index (χ3n) is 3.83. The number of aromatic amines is 1. The van der Waals surface area contributed by atoms with Crippen molar-refractivity contribution < 1.29 is 9.59 Å². The van der Waals surface area contributed by atoms with Gasteiger partial charge in [-0.2, -0.15) is 0 Å². The number of carbonyl (C=O) groups excluding carboxylic acids is 2. The Balaban J connectivity index is 1.76. The lowest BCUT2D eigenvalue weighted by molar-refractivity contribution is -0.136. The summed E-state index contributed by atoms with van der Waals surface area (Å²) in [5.41, 5.74) is 7.22. The average Bonchev–Trinajstić information content (AvgIpc) is 3.04. The van der Waals surface area contributed by atoms with Crippen molar-refractivity contribution in [2.45, 2.75) is 25.3 Å². The summed E-state index contributed by atoms with van der Waals surface area (Å²) < 4.78 is 0. The lowest BCUT2D eigenvalue weighted by atomic mass is 10.2. The molecule has 1 aliphatic rings. The molecule has 1 fully saturated rings. The van der Waals surface area contributed by atoms with Crippen LogP contribution in [-0.4, -0.2) is 34.3 Å². The first-order valence-electron chi connectivity index (χ1n) is 6.80. The summed E-state index contributed by atoms with van der Waals surface area (Å²) in [6.07, 6.45) is 1.79. The number of nitrogens with zero attached hydrogens (tertiary/aromatic N) is 1. The van der Waals surface area contributed by atoms with Crippen molar-refractivity contribution in [3.63, 3.8) is 0 Å². The Morgan fingerprint density at radius 2 is 2.15 bits per heavy atom. The number of nitrogens with one attached hydrogen (secondary N) is 1. The summed E-state index contributed by atoms with van der Waals surface area (Å²) in [7, 11) is 0. The number of fused-ring (bicyclic) bond motifs is 1. The number of para-hydroxylation sites is 1. The second-order valence-corrected chi connectivity index (χ2v) is 5.21. The highest BCUT2D eigenvalue weighted by molar-refractivity contribution is 5.89. The molecule has 2 amide bonds. The van der Waals surface area contributed by atoms with Crippen molar-refractivity contribution in [2.75, 3.05) is 6.54 Å². The summed E-state index contributed by atoms with van der Waals surface area (Å²) in [4.78, 5) is 28.5. The van der Waals surface area contributed by atoms with Crippen molar-refractivity contribution in [3.8, 4) is 0 Å². The molecule has 1 aromatic carbocycles. The number of aromatic nitrogens is 1. The van der Waals surface area contributed by atoms with Crippen molar-refractivity contribution in [1.82, 2.24) is 9.88 Å². The number of primary amides is 1. The number of H-pyrrole nitrogens is 1. The first-order chi connectivity index (χ1) is 9.65. The lowest BCUT2D eigenvalue weighted by Crippen LogP contribution is -2.44. The fraction of sp³-hybridized carbons (Fsp3) is 0.333. The van der Waals surface area contributed by atoms with Gasteiger partial charge in [-0.15, -0.1) is 0 Å². The second kappa shape index (κ2) is 5.00. The Kier molecular flexibility index (Phi) is 3.18. The molecule has 1 atom stereocenters. The monoisotopic (exact) mass is 271 g/mol. The topological polar surface area (TPSA) is 79.2 Å². The zero-order chi connectivity index (χ0) is 14.1. The number of rotatable bonds is 3. The van der Waals surface area contributed by atoms with E-state index in [1.165, 1.54) is 0 Å². The molecule has 3 N–H and O–H groups in total. The van der Waals surface area contributed by atoms with Crippen LogP contribution in [0.3, 0.4) is 0 Å². The predicted molar refractivity (Wildman–Crippen MR) is 75.9 cm³/mol. The van der Waals surface area contributed by atoms with E-state index in [9.17, 15) is 9.59 Å². The molecule has 5 heteroatoms. The highest BCUT2D eigenvalue weighted by Gasteiger charge is 2.32. The van der Waals surface area contributed by atoms with E-state index in [2.05, 4.69) is 4.98 Å². The van der Waals surface area contributed by atoms with Gasteiger partial charge < -0.3 is 15.6 Å². The molecule has 0 bridgehead atoms. The smallest absolute Gasteiger partial charge is 0.240 e. The summed E-state index contributed by atoms with van der Waals surface area (Å²) in [6.45, 7) is 0.618. The van der Waals surface area contributed by atoms with Gasteiger partial charge in [-0.05, 0) is 30.4 Å². The molecule has 1 unspecified atom stereocenters. The van der Waals surface area contributed by atoms with Crippen LogP contribution in [0.25, 0.3) is 10.9 Å². The van der Waals surface area contributed by atoms with E-state index in [1.54, 1.807) is 4.90 Å². The summed E-state index contributed by atoms with van der Waals surface area (Å²) >= 11 is 0. The van der Waals surface area contributed by atoms with Crippen molar-refractivity contribution >= 4 is 22.7 Å². The zero-order valence-electron chi connectivity index (χ0n) is 11.1. The fourth-order valence-electron chi connectivity index (χ4n) is 2.85. The molecule has 0 radical (unpaired) electrons. The van der Waals surface area contributed by atoms with E-state index in [0.29, 0.717) is 13.0 Å². The third-order valence-corrected chi connectivity index (χ3v) is 3.83. The number of carbonyl (C=O) groups is 2. The van der Waals surface area contributed by atoms with Crippen LogP contribution in [-0.2, 0) is 16.0 Å². The van der Waals surface area contributed by atoms with Gasteiger partial charge in [0.25, 0.3) is 0 Å². The van der Waals surface area contributed by atoms with Crippen LogP contribution in [0.4, 0.5) is 0 Å². The van der Waals surface area contributed by atoms with Crippen molar-refractivity contribution in [2.24, 2.45) is 5.73 Å². The maximum Gasteiger partial charge on any atom is 0.240 e. The van der Waals surface area contributed by atoms with E-state index in [4.69, 9.17) is 5.73 Å². The normalized spacial score (nSPS) is 18.6. The molecule has 3 rings (SSSR count). The molecule has 1 aliphatic heterocycles. The Morgan fingerprint density at radius 3 is 2.90 bits per heavy atom. The van der Waals surface area contributed by atoms with Crippen LogP contribution in [0.5, 0.6) is 0 Å². The quantitative estimate of drug-likeness (QED) is 0.879. The molecular formula is C15H17N3O2. The molecule has 20 heavy (non-hydrogen) atoms. The second-order valence-electron chi connectivity index (χ2n) is 5.21. The average molecular weight is 271 g/mol. The molecule has 1 aromatic heterocycles. The van der Waals surface area contributed by atoms with Crippen LogP contribution in [0.15, 0.2) is 30.3 Å². The van der Waals surface area contributed by atoms with Gasteiger partial charge >= 0.3 is 0 Å². The number of nitrogens with two attached hydrogens (primary N) is 1. The van der Waals surface area contributed by atoms with Crippen molar-refractivity contribution in [3.05, 3.63) is 36.0 Å². The van der Waals surface area contributed by atoms with Crippen LogP contribution in [0.1, 0.15) is 18.5 Å². The molecule has 2 heterocycles. The maximum absolute atomic E-state index is 12.3. The minimum absolute atomic E-state index is 0.0437. The summed E-state index contributed by atoms with van der Waals surface area (Å²) in [5, 5.41) is 1.09.